The van der Waals surface area contributed by atoms with E-state index in [9.17, 15) is 0 Å². The van der Waals surface area contributed by atoms with Crippen LogP contribution in [0.25, 0.3) is 0 Å². The van der Waals surface area contributed by atoms with E-state index in [1.54, 1.807) is 0 Å². The minimum Gasteiger partial charge on any atom is -0.398 e. The summed E-state index contributed by atoms with van der Waals surface area (Å²) in [5, 5.41) is 0.194. The second-order valence-electron chi connectivity index (χ2n) is 8.49. The SMILES string of the molecule is CC(C)c1cccc(C(C)C)c1[N+]1=Cc2ccccc2[B@-]1(Cl)c1ccccc1.ClCCl. The Bertz CT molecular complexity index is 1040. The molecule has 3 aromatic rings. The van der Waals surface area contributed by atoms with E-state index in [-0.39, 0.29) is 5.34 Å². The lowest BCUT2D eigenvalue weighted by molar-refractivity contribution is -0.278. The zero-order valence-corrected chi connectivity index (χ0v) is 20.8. The molecule has 3 aromatic carbocycles. The van der Waals surface area contributed by atoms with Crippen LogP contribution in [0, 0.1) is 0 Å². The van der Waals surface area contributed by atoms with Crippen LogP contribution >= 0.6 is 34.7 Å². The number of hydrogen-bond donors (Lipinski definition) is 0. The van der Waals surface area contributed by atoms with Crippen molar-refractivity contribution < 1.29 is 4.49 Å². The number of hydrogen-bond acceptors (Lipinski definition) is 0. The summed E-state index contributed by atoms with van der Waals surface area (Å²) in [7, 11) is 0. The summed E-state index contributed by atoms with van der Waals surface area (Å²) in [5.74, 6) is 0.830. The molecule has 0 radical (unpaired) electrons. The lowest BCUT2D eigenvalue weighted by Gasteiger charge is -2.32. The van der Waals surface area contributed by atoms with Crippen LogP contribution in [0.4, 0.5) is 5.69 Å². The number of rotatable bonds is 4. The molecule has 0 saturated carbocycles. The molecule has 0 aromatic heterocycles. The summed E-state index contributed by atoms with van der Waals surface area (Å²) in [6.07, 6.45) is 2.25. The predicted molar refractivity (Wildman–Crippen MR) is 140 cm³/mol. The summed E-state index contributed by atoms with van der Waals surface area (Å²) in [4.78, 5) is 0. The van der Waals surface area contributed by atoms with Crippen LogP contribution in [0.5, 0.6) is 0 Å². The first kappa shape index (κ1) is 23.9. The maximum Gasteiger partial charge on any atom is 0.417 e. The van der Waals surface area contributed by atoms with Gasteiger partial charge < -0.3 is 4.49 Å². The fourth-order valence-corrected chi connectivity index (χ4v) is 4.98. The van der Waals surface area contributed by atoms with E-state index in [2.05, 4.69) is 111 Å². The van der Waals surface area contributed by atoms with Gasteiger partial charge in [0.25, 0.3) is 0 Å². The Kier molecular flexibility index (Phi) is 7.91. The van der Waals surface area contributed by atoms with E-state index in [1.807, 2.05) is 0 Å². The van der Waals surface area contributed by atoms with Gasteiger partial charge in [-0.15, -0.1) is 34.1 Å². The molecule has 0 spiro atoms. The summed E-state index contributed by atoms with van der Waals surface area (Å²) >= 11 is 17.2. The monoisotopic (exact) mass is 471 g/mol. The van der Waals surface area contributed by atoms with Crippen LogP contribution in [-0.4, -0.2) is 21.7 Å². The molecule has 31 heavy (non-hydrogen) atoms. The van der Waals surface area contributed by atoms with Gasteiger partial charge in [-0.3, -0.25) is 11.5 Å². The fraction of sp³-hybridized carbons (Fsp3) is 0.269. The summed E-state index contributed by atoms with van der Waals surface area (Å²) in [6, 6.07) is 25.7. The Morgan fingerprint density at radius 3 is 1.81 bits per heavy atom. The molecule has 0 unspecified atom stereocenters. The van der Waals surface area contributed by atoms with Gasteiger partial charge in [0.1, 0.15) is 6.21 Å². The summed E-state index contributed by atoms with van der Waals surface area (Å²) < 4.78 is 2.37. The number of para-hydroxylation sites is 1. The van der Waals surface area contributed by atoms with Gasteiger partial charge in [-0.25, -0.2) is 0 Å². The zero-order valence-electron chi connectivity index (χ0n) is 18.5. The van der Waals surface area contributed by atoms with E-state index in [0.29, 0.717) is 11.8 Å². The molecule has 1 nitrogen and oxygen atoms in total. The van der Waals surface area contributed by atoms with E-state index in [1.165, 1.54) is 27.8 Å². The van der Waals surface area contributed by atoms with Crippen molar-refractivity contribution in [3.63, 3.8) is 0 Å². The number of halogens is 3. The highest BCUT2D eigenvalue weighted by molar-refractivity contribution is 7.30. The maximum atomic E-state index is 7.64. The van der Waals surface area contributed by atoms with E-state index in [4.69, 9.17) is 34.7 Å². The van der Waals surface area contributed by atoms with Crippen LogP contribution < -0.4 is 10.9 Å². The predicted octanol–water partition coefficient (Wildman–Crippen LogP) is 6.93. The van der Waals surface area contributed by atoms with Crippen LogP contribution in [-0.2, 0) is 0 Å². The molecule has 0 saturated heterocycles. The van der Waals surface area contributed by atoms with Crippen LogP contribution in [0.2, 0.25) is 0 Å². The summed E-state index contributed by atoms with van der Waals surface area (Å²) in [6.45, 7) is 9.05. The molecule has 0 bridgehead atoms. The largest absolute Gasteiger partial charge is 0.417 e. The summed E-state index contributed by atoms with van der Waals surface area (Å²) in [5.41, 5.74) is 5.90. The first-order valence-corrected chi connectivity index (χ1v) is 12.2. The molecule has 1 atom stereocenters. The van der Waals surface area contributed by atoms with Crippen LogP contribution in [0.1, 0.15) is 56.2 Å². The first-order chi connectivity index (χ1) is 14.9. The second-order valence-corrected chi connectivity index (χ2v) is 9.93. The Hall–Kier alpha value is -1.74. The van der Waals surface area contributed by atoms with Crippen molar-refractivity contribution in [3.05, 3.63) is 89.5 Å². The average molecular weight is 473 g/mol. The molecule has 1 aliphatic rings. The lowest BCUT2D eigenvalue weighted by Crippen LogP contribution is -2.59. The van der Waals surface area contributed by atoms with E-state index >= 15 is 0 Å². The third-order valence-corrected chi connectivity index (χ3v) is 6.61. The number of nitrogens with zero attached hydrogens (tertiary/aromatic N) is 1. The fourth-order valence-electron chi connectivity index (χ4n) is 4.48. The third kappa shape index (κ3) is 4.58. The van der Waals surface area contributed by atoms with Crippen molar-refractivity contribution in [3.8, 4) is 0 Å². The van der Waals surface area contributed by atoms with Crippen molar-refractivity contribution in [2.45, 2.75) is 39.5 Å². The highest BCUT2D eigenvalue weighted by atomic mass is 35.5. The quantitative estimate of drug-likeness (QED) is 0.286. The Labute approximate surface area is 201 Å². The molecule has 1 heterocycles. The van der Waals surface area contributed by atoms with Gasteiger partial charge >= 0.3 is 5.70 Å². The van der Waals surface area contributed by atoms with Crippen molar-refractivity contribution in [1.29, 1.82) is 0 Å². The molecule has 1 aliphatic heterocycles. The Balaban J connectivity index is 0.000000858. The molecule has 0 amide bonds. The maximum absolute atomic E-state index is 7.64. The van der Waals surface area contributed by atoms with E-state index < -0.39 is 5.70 Å². The average Bonchev–Trinajstić information content (AvgIpc) is 3.08. The van der Waals surface area contributed by atoms with Crippen molar-refractivity contribution >= 4 is 63.2 Å². The highest BCUT2D eigenvalue weighted by Gasteiger charge is 2.47. The molecular weight excluding hydrogens is 443 g/mol. The topological polar surface area (TPSA) is 3.01 Å². The molecule has 0 aliphatic carbocycles. The molecule has 0 fully saturated rings. The van der Waals surface area contributed by atoms with Gasteiger partial charge in [0, 0.05) is 16.7 Å². The van der Waals surface area contributed by atoms with Gasteiger partial charge in [0.15, 0.2) is 5.69 Å². The van der Waals surface area contributed by atoms with Gasteiger partial charge in [-0.05, 0) is 11.8 Å². The van der Waals surface area contributed by atoms with Crippen molar-refractivity contribution in [2.75, 3.05) is 5.34 Å². The molecular formula is C26H29BCl3N. The van der Waals surface area contributed by atoms with Gasteiger partial charge in [-0.2, -0.15) is 0 Å². The molecule has 5 heteroatoms. The lowest BCUT2D eigenvalue weighted by atomic mass is 9.48. The highest BCUT2D eigenvalue weighted by Crippen LogP contribution is 2.38. The smallest absolute Gasteiger partial charge is 0.398 e. The third-order valence-electron chi connectivity index (χ3n) is 5.91. The van der Waals surface area contributed by atoms with Crippen LogP contribution in [0.3, 0.4) is 0 Å². The Morgan fingerprint density at radius 2 is 1.26 bits per heavy atom. The normalized spacial score (nSPS) is 17.3. The van der Waals surface area contributed by atoms with Crippen molar-refractivity contribution in [1.82, 2.24) is 0 Å². The van der Waals surface area contributed by atoms with E-state index in [0.717, 1.165) is 5.46 Å². The number of alkyl halides is 2. The zero-order chi connectivity index (χ0) is 22.6. The van der Waals surface area contributed by atoms with Gasteiger partial charge in [0.2, 0.25) is 0 Å². The number of fused-ring (bicyclic) bond motifs is 1. The minimum absolute atomic E-state index is 0.194. The van der Waals surface area contributed by atoms with Gasteiger partial charge in [0.05, 0.1) is 5.34 Å². The molecule has 4 rings (SSSR count). The second kappa shape index (κ2) is 10.3. The standard InChI is InChI=1S/C25H27BClN.CH2Cl2/c1-18(2)22-14-10-15-23(19(3)4)25(22)28-17-20-11-8-9-16-24(20)26(28,27)21-12-6-5-7-13-21;2-1-3/h5-19H,1-4H3;1H2/t26-;/m0./s1. The first-order valence-electron chi connectivity index (χ1n) is 10.7. The minimum atomic E-state index is -1.61. The van der Waals surface area contributed by atoms with Crippen molar-refractivity contribution in [2.24, 2.45) is 0 Å². The van der Waals surface area contributed by atoms with Gasteiger partial charge in [-0.1, -0.05) is 100 Å². The molecule has 162 valence electrons. The Morgan fingerprint density at radius 1 is 0.742 bits per heavy atom. The number of benzene rings is 3. The molecule has 0 N–H and O–H groups in total. The van der Waals surface area contributed by atoms with Crippen LogP contribution in [0.15, 0.2) is 72.8 Å².